The quantitative estimate of drug-likeness (QED) is 0.693. The predicted molar refractivity (Wildman–Crippen MR) is 106 cm³/mol. The number of fused-ring (bicyclic) bond motifs is 1. The second-order valence-electron chi connectivity index (χ2n) is 6.57. The Morgan fingerprint density at radius 1 is 1.19 bits per heavy atom. The number of benzene rings is 2. The summed E-state index contributed by atoms with van der Waals surface area (Å²) in [6.07, 6.45) is 0. The van der Waals surface area contributed by atoms with Crippen LogP contribution in [0.2, 0.25) is 0 Å². The number of nitrogens with zero attached hydrogens (tertiary/aromatic N) is 2. The lowest BCUT2D eigenvalue weighted by Gasteiger charge is -2.20. The molecule has 0 saturated carbocycles. The van der Waals surface area contributed by atoms with Crippen molar-refractivity contribution < 1.29 is 14.4 Å². The number of quaternary nitrogens is 1. The first-order valence-electron chi connectivity index (χ1n) is 8.67. The molecule has 6 heteroatoms. The number of carbonyl (C=O) groups is 1. The van der Waals surface area contributed by atoms with Gasteiger partial charge >= 0.3 is 0 Å². The molecule has 1 heterocycles. The van der Waals surface area contributed by atoms with Gasteiger partial charge in [-0.15, -0.1) is 0 Å². The third-order valence-electron chi connectivity index (χ3n) is 4.01. The molecule has 0 atom stereocenters. The zero-order valence-electron chi connectivity index (χ0n) is 15.4. The van der Waals surface area contributed by atoms with Gasteiger partial charge < -0.3 is 9.64 Å². The van der Waals surface area contributed by atoms with Crippen LogP contribution in [-0.4, -0.2) is 44.7 Å². The predicted octanol–water partition coefficient (Wildman–Crippen LogP) is 2.16. The van der Waals surface area contributed by atoms with Crippen molar-refractivity contribution in [2.45, 2.75) is 6.92 Å². The first kappa shape index (κ1) is 18.4. The summed E-state index contributed by atoms with van der Waals surface area (Å²) in [6, 6.07) is 15.6. The van der Waals surface area contributed by atoms with E-state index in [-0.39, 0.29) is 12.5 Å². The van der Waals surface area contributed by atoms with Crippen LogP contribution in [0.1, 0.15) is 5.56 Å². The van der Waals surface area contributed by atoms with Gasteiger partial charge in [0, 0.05) is 0 Å². The molecule has 0 unspecified atom stereocenters. The fraction of sp³-hybridized carbons (Fsp3) is 0.300. The SMILES string of the molecule is Cc1ccc2nc(N(CC[NH+](C)C)C(=O)COc3ccccc3)sc2c1. The first-order chi connectivity index (χ1) is 12.5. The normalized spacial score (nSPS) is 11.1. The molecule has 1 N–H and O–H groups in total. The number of thiazole rings is 1. The molecular formula is C20H24N3O2S+. The summed E-state index contributed by atoms with van der Waals surface area (Å²) < 4.78 is 6.75. The fourth-order valence-corrected chi connectivity index (χ4v) is 3.64. The molecule has 3 aromatic rings. The van der Waals surface area contributed by atoms with E-state index in [9.17, 15) is 4.79 Å². The molecule has 0 spiro atoms. The number of hydrogen-bond donors (Lipinski definition) is 1. The van der Waals surface area contributed by atoms with E-state index in [1.807, 2.05) is 42.5 Å². The van der Waals surface area contributed by atoms with Gasteiger partial charge in [0.15, 0.2) is 11.7 Å². The average Bonchev–Trinajstić information content (AvgIpc) is 3.03. The molecule has 26 heavy (non-hydrogen) atoms. The second kappa shape index (κ2) is 8.29. The van der Waals surface area contributed by atoms with E-state index in [0.29, 0.717) is 12.3 Å². The largest absolute Gasteiger partial charge is 0.484 e. The van der Waals surface area contributed by atoms with Gasteiger partial charge in [-0.05, 0) is 36.8 Å². The Bertz CT molecular complexity index is 877. The van der Waals surface area contributed by atoms with Gasteiger partial charge in [0.05, 0.1) is 37.4 Å². The molecular weight excluding hydrogens is 346 g/mol. The number of hydrogen-bond acceptors (Lipinski definition) is 4. The highest BCUT2D eigenvalue weighted by molar-refractivity contribution is 7.22. The Morgan fingerprint density at radius 2 is 1.96 bits per heavy atom. The summed E-state index contributed by atoms with van der Waals surface area (Å²) in [4.78, 5) is 20.5. The van der Waals surface area contributed by atoms with Crippen molar-refractivity contribution in [1.29, 1.82) is 0 Å². The molecule has 0 radical (unpaired) electrons. The Hall–Kier alpha value is -2.44. The number of likely N-dealkylation sites (N-methyl/N-ethyl adjacent to an activating group) is 1. The molecule has 1 aromatic heterocycles. The minimum absolute atomic E-state index is 0.00171. The second-order valence-corrected chi connectivity index (χ2v) is 7.58. The highest BCUT2D eigenvalue weighted by Crippen LogP contribution is 2.29. The zero-order chi connectivity index (χ0) is 18.5. The molecule has 0 aliphatic heterocycles. The maximum absolute atomic E-state index is 12.8. The van der Waals surface area contributed by atoms with Crippen molar-refractivity contribution in [3.05, 3.63) is 54.1 Å². The zero-order valence-corrected chi connectivity index (χ0v) is 16.2. The summed E-state index contributed by atoms with van der Waals surface area (Å²) in [7, 11) is 4.15. The van der Waals surface area contributed by atoms with Crippen LogP contribution in [0.25, 0.3) is 10.2 Å². The van der Waals surface area contributed by atoms with Crippen LogP contribution in [-0.2, 0) is 4.79 Å². The summed E-state index contributed by atoms with van der Waals surface area (Å²) in [5, 5.41) is 0.730. The number of carbonyl (C=O) groups excluding carboxylic acids is 1. The number of aromatic nitrogens is 1. The minimum atomic E-state index is -0.0779. The monoisotopic (exact) mass is 370 g/mol. The Morgan fingerprint density at radius 3 is 2.69 bits per heavy atom. The smallest absolute Gasteiger partial charge is 0.266 e. The van der Waals surface area contributed by atoms with E-state index < -0.39 is 0 Å². The van der Waals surface area contributed by atoms with Crippen LogP contribution in [0, 0.1) is 6.92 Å². The van der Waals surface area contributed by atoms with Crippen LogP contribution in [0.3, 0.4) is 0 Å². The summed E-state index contributed by atoms with van der Waals surface area (Å²) in [5.41, 5.74) is 2.12. The van der Waals surface area contributed by atoms with Crippen molar-refractivity contribution in [3.8, 4) is 5.75 Å². The van der Waals surface area contributed by atoms with Crippen molar-refractivity contribution >= 4 is 32.6 Å². The van der Waals surface area contributed by atoms with Crippen molar-refractivity contribution in [1.82, 2.24) is 4.98 Å². The summed E-state index contributed by atoms with van der Waals surface area (Å²) >= 11 is 1.55. The van der Waals surface area contributed by atoms with Gasteiger partial charge in [-0.2, -0.15) is 0 Å². The maximum Gasteiger partial charge on any atom is 0.266 e. The summed E-state index contributed by atoms with van der Waals surface area (Å²) in [5.74, 6) is 0.616. The van der Waals surface area contributed by atoms with Crippen LogP contribution < -0.4 is 14.5 Å². The van der Waals surface area contributed by atoms with Gasteiger partial charge in [0.25, 0.3) is 5.91 Å². The molecule has 0 saturated heterocycles. The van der Waals surface area contributed by atoms with Crippen molar-refractivity contribution in [2.75, 3.05) is 38.7 Å². The van der Waals surface area contributed by atoms with Crippen LogP contribution in [0.5, 0.6) is 5.75 Å². The Labute approximate surface area is 157 Å². The lowest BCUT2D eigenvalue weighted by Crippen LogP contribution is -3.06. The highest BCUT2D eigenvalue weighted by atomic mass is 32.1. The third-order valence-corrected chi connectivity index (χ3v) is 5.05. The van der Waals surface area contributed by atoms with E-state index in [1.165, 1.54) is 10.5 Å². The molecule has 0 fully saturated rings. The average molecular weight is 370 g/mol. The number of rotatable bonds is 7. The molecule has 0 aliphatic carbocycles. The van der Waals surface area contributed by atoms with Gasteiger partial charge in [-0.1, -0.05) is 35.6 Å². The van der Waals surface area contributed by atoms with Crippen LogP contribution >= 0.6 is 11.3 Å². The van der Waals surface area contributed by atoms with Gasteiger partial charge in [0.2, 0.25) is 0 Å². The first-order valence-corrected chi connectivity index (χ1v) is 9.49. The highest BCUT2D eigenvalue weighted by Gasteiger charge is 2.21. The molecule has 0 bridgehead atoms. The molecule has 2 aromatic carbocycles. The van der Waals surface area contributed by atoms with E-state index >= 15 is 0 Å². The number of anilines is 1. The van der Waals surface area contributed by atoms with E-state index in [1.54, 1.807) is 16.2 Å². The number of para-hydroxylation sites is 1. The van der Waals surface area contributed by atoms with Crippen molar-refractivity contribution in [2.24, 2.45) is 0 Å². The molecule has 5 nitrogen and oxygen atoms in total. The standard InChI is InChI=1S/C20H23N3O2S/c1-15-9-10-17-18(13-15)26-20(21-17)23(12-11-22(2)3)19(24)14-25-16-7-5-4-6-8-16/h4-10,13H,11-12,14H2,1-3H3/p+1. The van der Waals surface area contributed by atoms with E-state index in [2.05, 4.69) is 32.1 Å². The third kappa shape index (κ3) is 4.59. The topological polar surface area (TPSA) is 46.9 Å². The molecule has 1 amide bonds. The summed E-state index contributed by atoms with van der Waals surface area (Å²) in [6.45, 7) is 3.51. The maximum atomic E-state index is 12.8. The molecule has 0 aliphatic rings. The van der Waals surface area contributed by atoms with Crippen LogP contribution in [0.4, 0.5) is 5.13 Å². The minimum Gasteiger partial charge on any atom is -0.484 e. The van der Waals surface area contributed by atoms with E-state index in [4.69, 9.17) is 4.74 Å². The van der Waals surface area contributed by atoms with Gasteiger partial charge in [-0.25, -0.2) is 4.98 Å². The molecule has 3 rings (SSSR count). The number of aryl methyl sites for hydroxylation is 1. The molecule has 136 valence electrons. The lowest BCUT2D eigenvalue weighted by molar-refractivity contribution is -0.856. The van der Waals surface area contributed by atoms with Gasteiger partial charge in [0.1, 0.15) is 5.75 Å². The number of nitrogens with one attached hydrogen (secondary N) is 1. The lowest BCUT2D eigenvalue weighted by atomic mass is 10.2. The van der Waals surface area contributed by atoms with Gasteiger partial charge in [-0.3, -0.25) is 9.69 Å². The fourth-order valence-electron chi connectivity index (χ4n) is 2.54. The van der Waals surface area contributed by atoms with Crippen molar-refractivity contribution in [3.63, 3.8) is 0 Å². The Balaban J connectivity index is 1.79. The number of amides is 1. The number of ether oxygens (including phenoxy) is 1. The van der Waals surface area contributed by atoms with Crippen LogP contribution in [0.15, 0.2) is 48.5 Å². The van der Waals surface area contributed by atoms with E-state index in [0.717, 1.165) is 21.9 Å². The Kier molecular flexibility index (Phi) is 5.85.